The van der Waals surface area contributed by atoms with Crippen LogP contribution in [0.1, 0.15) is 206 Å². The molecule has 0 heterocycles. The second-order valence-electron chi connectivity index (χ2n) is 13.4. The van der Waals surface area contributed by atoms with Gasteiger partial charge >= 0.3 is 5.97 Å². The quantitative estimate of drug-likeness (QED) is 0.0360. The van der Waals surface area contributed by atoms with Crippen LogP contribution in [0.2, 0.25) is 0 Å². The molecule has 46 heavy (non-hydrogen) atoms. The van der Waals surface area contributed by atoms with Gasteiger partial charge in [-0.05, 0) is 25.7 Å². The van der Waals surface area contributed by atoms with Gasteiger partial charge in [0.05, 0.1) is 0 Å². The van der Waals surface area contributed by atoms with Crippen molar-refractivity contribution in [1.82, 2.24) is 4.90 Å². The molecule has 0 aromatic rings. The third-order valence-corrected chi connectivity index (χ3v) is 9.05. The Labute approximate surface area is 283 Å². The predicted octanol–water partition coefficient (Wildman–Crippen LogP) is 9.81. The summed E-state index contributed by atoms with van der Waals surface area (Å²) >= 11 is 0. The highest BCUT2D eigenvalue weighted by Crippen LogP contribution is 2.18. The minimum absolute atomic E-state index is 0.0549. The zero-order valence-electron chi connectivity index (χ0n) is 30.2. The molecule has 5 N–H and O–H groups in total. The number of amides is 2. The Morgan fingerprint density at radius 2 is 0.826 bits per heavy atom. The molecule has 8 heteroatoms. The number of aliphatic imine (C=N–C) groups is 1. The molecule has 270 valence electrons. The lowest BCUT2D eigenvalue weighted by atomic mass is 10.0. The van der Waals surface area contributed by atoms with Gasteiger partial charge in [-0.25, -0.2) is 4.79 Å². The van der Waals surface area contributed by atoms with Crippen molar-refractivity contribution in [2.45, 2.75) is 213 Å². The van der Waals surface area contributed by atoms with E-state index in [-0.39, 0.29) is 43.6 Å². The molecular weight excluding hydrogens is 576 g/mol. The van der Waals surface area contributed by atoms with Gasteiger partial charge in [0.2, 0.25) is 11.8 Å². The highest BCUT2D eigenvalue weighted by atomic mass is 16.4. The second-order valence-corrected chi connectivity index (χ2v) is 13.4. The van der Waals surface area contributed by atoms with Gasteiger partial charge in [0.1, 0.15) is 6.04 Å². The minimum atomic E-state index is -1.18. The first-order chi connectivity index (χ1) is 22.3. The fourth-order valence-corrected chi connectivity index (χ4v) is 6.17. The molecule has 0 aromatic heterocycles. The lowest BCUT2D eigenvalue weighted by Crippen LogP contribution is -2.48. The van der Waals surface area contributed by atoms with E-state index in [1.54, 1.807) is 0 Å². The maximum atomic E-state index is 13.3. The fraction of sp³-hybridized carbons (Fsp3) is 0.895. The van der Waals surface area contributed by atoms with Crippen LogP contribution >= 0.6 is 0 Å². The summed E-state index contributed by atoms with van der Waals surface area (Å²) in [5.74, 6) is -1.93. The molecule has 8 nitrogen and oxygen atoms in total. The Morgan fingerprint density at radius 1 is 0.522 bits per heavy atom. The lowest BCUT2D eigenvalue weighted by molar-refractivity contribution is -0.158. The van der Waals surface area contributed by atoms with Crippen LogP contribution < -0.4 is 11.5 Å². The first-order valence-electron chi connectivity index (χ1n) is 19.5. The number of carboxylic acids is 1. The summed E-state index contributed by atoms with van der Waals surface area (Å²) in [6.07, 6.45) is 32.3. The third kappa shape index (κ3) is 27.0. The van der Waals surface area contributed by atoms with E-state index in [9.17, 15) is 19.5 Å². The van der Waals surface area contributed by atoms with E-state index in [1.165, 1.54) is 116 Å². The molecule has 0 saturated carbocycles. The number of imide groups is 1. The van der Waals surface area contributed by atoms with Gasteiger partial charge < -0.3 is 16.6 Å². The molecule has 2 amide bonds. The minimum Gasteiger partial charge on any atom is -0.480 e. The Kier molecular flexibility index (Phi) is 31.3. The molecule has 0 spiro atoms. The van der Waals surface area contributed by atoms with Crippen molar-refractivity contribution in [3.8, 4) is 0 Å². The summed E-state index contributed by atoms with van der Waals surface area (Å²) in [5.41, 5.74) is 10.8. The number of guanidine groups is 1. The van der Waals surface area contributed by atoms with Crippen molar-refractivity contribution >= 4 is 23.7 Å². The van der Waals surface area contributed by atoms with Gasteiger partial charge in [-0.3, -0.25) is 19.5 Å². The van der Waals surface area contributed by atoms with E-state index in [2.05, 4.69) is 18.8 Å². The van der Waals surface area contributed by atoms with Crippen molar-refractivity contribution < 1.29 is 19.5 Å². The average molecular weight is 651 g/mol. The topological polar surface area (TPSA) is 139 Å². The zero-order chi connectivity index (χ0) is 34.1. The van der Waals surface area contributed by atoms with Crippen LogP contribution in [0.3, 0.4) is 0 Å². The standard InChI is InChI=1S/C38H74N4O4/c1-3-5-7-9-11-13-15-17-19-21-23-25-27-31-35(43)42(34(37(45)46)30-29-33-41-38(39)40)36(44)32-28-26-24-22-20-18-16-14-12-10-8-6-4-2/h34H,3-33H2,1-2H3,(H,45,46)(H4,39,40,41). The van der Waals surface area contributed by atoms with Crippen molar-refractivity contribution in [2.75, 3.05) is 6.54 Å². The molecule has 0 aliphatic rings. The summed E-state index contributed by atoms with van der Waals surface area (Å²) in [4.78, 5) is 43.8. The predicted molar refractivity (Wildman–Crippen MR) is 194 cm³/mol. The van der Waals surface area contributed by atoms with Crippen molar-refractivity contribution in [3.63, 3.8) is 0 Å². The average Bonchev–Trinajstić information content (AvgIpc) is 3.02. The van der Waals surface area contributed by atoms with Crippen LogP contribution in [0.4, 0.5) is 0 Å². The van der Waals surface area contributed by atoms with Crippen LogP contribution in [0.25, 0.3) is 0 Å². The summed E-state index contributed by atoms with van der Waals surface area (Å²) in [6.45, 7) is 4.76. The molecular formula is C38H74N4O4. The van der Waals surface area contributed by atoms with E-state index < -0.39 is 12.0 Å². The van der Waals surface area contributed by atoms with E-state index in [4.69, 9.17) is 11.5 Å². The van der Waals surface area contributed by atoms with Gasteiger partial charge in [-0.1, -0.05) is 168 Å². The van der Waals surface area contributed by atoms with E-state index in [0.717, 1.165) is 43.4 Å². The summed E-state index contributed by atoms with van der Waals surface area (Å²) in [7, 11) is 0. The number of hydrogen-bond acceptors (Lipinski definition) is 4. The second kappa shape index (κ2) is 32.8. The first kappa shape index (κ1) is 43.9. The molecule has 1 atom stereocenters. The third-order valence-electron chi connectivity index (χ3n) is 9.05. The summed E-state index contributed by atoms with van der Waals surface area (Å²) < 4.78 is 0. The Hall–Kier alpha value is -2.12. The molecule has 0 fully saturated rings. The Morgan fingerprint density at radius 3 is 1.11 bits per heavy atom. The van der Waals surface area contributed by atoms with Gasteiger partial charge in [0, 0.05) is 19.4 Å². The van der Waals surface area contributed by atoms with Crippen LogP contribution in [0.15, 0.2) is 4.99 Å². The molecule has 0 aliphatic carbocycles. The summed E-state index contributed by atoms with van der Waals surface area (Å²) in [6, 6.07) is -1.18. The number of nitrogens with zero attached hydrogens (tertiary/aromatic N) is 2. The maximum absolute atomic E-state index is 13.3. The monoisotopic (exact) mass is 651 g/mol. The van der Waals surface area contributed by atoms with Gasteiger partial charge in [-0.2, -0.15) is 0 Å². The van der Waals surface area contributed by atoms with Crippen molar-refractivity contribution in [2.24, 2.45) is 16.5 Å². The highest BCUT2D eigenvalue weighted by molar-refractivity contribution is 5.99. The highest BCUT2D eigenvalue weighted by Gasteiger charge is 2.33. The molecule has 1 unspecified atom stereocenters. The van der Waals surface area contributed by atoms with Crippen molar-refractivity contribution in [1.29, 1.82) is 0 Å². The number of hydrogen-bond donors (Lipinski definition) is 3. The number of rotatable bonds is 34. The van der Waals surface area contributed by atoms with Crippen LogP contribution in [-0.2, 0) is 14.4 Å². The molecule has 0 rings (SSSR count). The van der Waals surface area contributed by atoms with E-state index in [1.807, 2.05) is 0 Å². The van der Waals surface area contributed by atoms with Crippen LogP contribution in [-0.4, -0.2) is 46.3 Å². The van der Waals surface area contributed by atoms with E-state index >= 15 is 0 Å². The normalized spacial score (nSPS) is 11.8. The van der Waals surface area contributed by atoms with Gasteiger partial charge in [0.25, 0.3) is 0 Å². The maximum Gasteiger partial charge on any atom is 0.326 e. The molecule has 0 aliphatic heterocycles. The number of unbranched alkanes of at least 4 members (excludes halogenated alkanes) is 24. The molecule has 0 aromatic carbocycles. The largest absolute Gasteiger partial charge is 0.480 e. The smallest absolute Gasteiger partial charge is 0.326 e. The lowest BCUT2D eigenvalue weighted by Gasteiger charge is -2.27. The van der Waals surface area contributed by atoms with Crippen LogP contribution in [0, 0.1) is 0 Å². The number of carbonyl (C=O) groups is 3. The number of carboxylic acid groups (broad SMARTS) is 1. The van der Waals surface area contributed by atoms with Crippen LogP contribution in [0.5, 0.6) is 0 Å². The van der Waals surface area contributed by atoms with Gasteiger partial charge in [-0.15, -0.1) is 0 Å². The zero-order valence-corrected chi connectivity index (χ0v) is 30.2. The SMILES string of the molecule is CCCCCCCCCCCCCCCC(=O)N(C(=O)CCCCCCCCCCCCCCC)C(CCCN=C(N)N)C(=O)O. The Balaban J connectivity index is 4.54. The molecule has 0 radical (unpaired) electrons. The number of nitrogens with two attached hydrogens (primary N) is 2. The summed E-state index contributed by atoms with van der Waals surface area (Å²) in [5, 5.41) is 9.99. The number of aliphatic carboxylic acids is 1. The molecule has 0 saturated heterocycles. The van der Waals surface area contributed by atoms with Gasteiger partial charge in [0.15, 0.2) is 5.96 Å². The first-order valence-corrected chi connectivity index (χ1v) is 19.5. The Bertz CT molecular complexity index is 728. The number of carbonyl (C=O) groups excluding carboxylic acids is 2. The molecule has 0 bridgehead atoms. The van der Waals surface area contributed by atoms with Crippen molar-refractivity contribution in [3.05, 3.63) is 0 Å². The fourth-order valence-electron chi connectivity index (χ4n) is 6.17. The van der Waals surface area contributed by atoms with E-state index in [0.29, 0.717) is 19.3 Å².